The van der Waals surface area contributed by atoms with Crippen LogP contribution < -0.4 is 0 Å². The second kappa shape index (κ2) is 11.7. The van der Waals surface area contributed by atoms with Gasteiger partial charge in [0.15, 0.2) is 6.29 Å². The number of rotatable bonds is 9. The Hall–Kier alpha value is -1.76. The first-order valence-electron chi connectivity index (χ1n) is 11.7. The maximum absolute atomic E-state index is 10.2. The van der Waals surface area contributed by atoms with Gasteiger partial charge in [-0.25, -0.2) is 0 Å². The van der Waals surface area contributed by atoms with E-state index in [1.165, 1.54) is 11.1 Å². The van der Waals surface area contributed by atoms with E-state index in [2.05, 4.69) is 53.4 Å². The molecule has 0 amide bonds. The fourth-order valence-electron chi connectivity index (χ4n) is 4.46. The van der Waals surface area contributed by atoms with Gasteiger partial charge in [-0.1, -0.05) is 60.7 Å². The number of hydrogen-bond acceptors (Lipinski definition) is 5. The van der Waals surface area contributed by atoms with Gasteiger partial charge in [0, 0.05) is 39.3 Å². The summed E-state index contributed by atoms with van der Waals surface area (Å²) in [6, 6.07) is 21.0. The van der Waals surface area contributed by atoms with Crippen molar-refractivity contribution in [3.63, 3.8) is 0 Å². The topological polar surface area (TPSA) is 51.2 Å². The van der Waals surface area contributed by atoms with E-state index in [4.69, 9.17) is 14.2 Å². The molecule has 0 spiro atoms. The summed E-state index contributed by atoms with van der Waals surface area (Å²) < 4.78 is 17.8. The van der Waals surface area contributed by atoms with Gasteiger partial charge in [0.1, 0.15) is 6.10 Å². The van der Waals surface area contributed by atoms with Gasteiger partial charge in [0.2, 0.25) is 0 Å². The van der Waals surface area contributed by atoms with Crippen LogP contribution in [0.1, 0.15) is 49.3 Å². The number of aliphatic hydroxyl groups excluding tert-OH is 1. The summed E-state index contributed by atoms with van der Waals surface area (Å²) in [5.74, 6) is 0. The highest BCUT2D eigenvalue weighted by Crippen LogP contribution is 2.30. The second-order valence-electron chi connectivity index (χ2n) is 8.57. The van der Waals surface area contributed by atoms with Crippen molar-refractivity contribution in [1.29, 1.82) is 0 Å². The average molecular weight is 426 g/mol. The number of piperidine rings is 1. The predicted octanol–water partition coefficient (Wildman–Crippen LogP) is 4.16. The van der Waals surface area contributed by atoms with Gasteiger partial charge in [-0.05, 0) is 36.8 Å². The van der Waals surface area contributed by atoms with E-state index < -0.39 is 6.29 Å². The summed E-state index contributed by atoms with van der Waals surface area (Å²) >= 11 is 0. The third-order valence-electron chi connectivity index (χ3n) is 6.28. The van der Waals surface area contributed by atoms with Gasteiger partial charge >= 0.3 is 0 Å². The van der Waals surface area contributed by atoms with Crippen LogP contribution in [0.4, 0.5) is 0 Å². The third-order valence-corrected chi connectivity index (χ3v) is 6.28. The average Bonchev–Trinajstić information content (AvgIpc) is 2.84. The van der Waals surface area contributed by atoms with Crippen molar-refractivity contribution in [3.8, 4) is 0 Å². The molecule has 1 atom stereocenters. The van der Waals surface area contributed by atoms with E-state index in [1.807, 2.05) is 12.1 Å². The van der Waals surface area contributed by atoms with Crippen molar-refractivity contribution in [1.82, 2.24) is 4.90 Å². The molecule has 31 heavy (non-hydrogen) atoms. The van der Waals surface area contributed by atoms with Crippen LogP contribution >= 0.6 is 0 Å². The Bertz CT molecular complexity index is 703. The molecule has 0 aromatic heterocycles. The number of nitrogens with zero attached hydrogens (tertiary/aromatic N) is 1. The first kappa shape index (κ1) is 22.4. The van der Waals surface area contributed by atoms with E-state index in [1.54, 1.807) is 0 Å². The summed E-state index contributed by atoms with van der Waals surface area (Å²) in [7, 11) is 0. The van der Waals surface area contributed by atoms with Crippen LogP contribution in [0.5, 0.6) is 0 Å². The molecule has 2 fully saturated rings. The number of benzene rings is 2. The monoisotopic (exact) mass is 425 g/mol. The Morgan fingerprint density at radius 2 is 1.35 bits per heavy atom. The molecule has 2 aromatic rings. The van der Waals surface area contributed by atoms with E-state index in [-0.39, 0.29) is 18.3 Å². The Morgan fingerprint density at radius 1 is 0.806 bits per heavy atom. The van der Waals surface area contributed by atoms with Crippen LogP contribution in [0.2, 0.25) is 0 Å². The lowest BCUT2D eigenvalue weighted by atomic mass is 10.00. The first-order valence-corrected chi connectivity index (χ1v) is 11.7. The van der Waals surface area contributed by atoms with Crippen LogP contribution in [-0.2, 0) is 14.2 Å². The molecular formula is C26H35NO4. The number of hydrogen-bond donors (Lipinski definition) is 1. The van der Waals surface area contributed by atoms with Gasteiger partial charge in [0.05, 0.1) is 12.2 Å². The van der Waals surface area contributed by atoms with Crippen molar-refractivity contribution in [3.05, 3.63) is 71.8 Å². The van der Waals surface area contributed by atoms with Gasteiger partial charge in [0.25, 0.3) is 0 Å². The summed E-state index contributed by atoms with van der Waals surface area (Å²) in [4.78, 5) is 2.41. The first-order chi connectivity index (χ1) is 15.3. The highest BCUT2D eigenvalue weighted by atomic mass is 16.6. The Morgan fingerprint density at radius 3 is 1.94 bits per heavy atom. The van der Waals surface area contributed by atoms with Crippen molar-refractivity contribution in [2.45, 2.75) is 56.7 Å². The number of aliphatic hydroxyl groups is 1. The second-order valence-corrected chi connectivity index (χ2v) is 8.57. The summed E-state index contributed by atoms with van der Waals surface area (Å²) in [5.41, 5.74) is 2.40. The number of likely N-dealkylation sites (tertiary alicyclic amines) is 1. The molecule has 0 radical (unpaired) electrons. The molecule has 1 unspecified atom stereocenters. The smallest absolute Gasteiger partial charge is 0.156 e. The van der Waals surface area contributed by atoms with Crippen LogP contribution in [0, 0.1) is 0 Å². The van der Waals surface area contributed by atoms with Crippen LogP contribution in [0.25, 0.3) is 0 Å². The van der Waals surface area contributed by atoms with E-state index in [0.29, 0.717) is 6.42 Å². The van der Waals surface area contributed by atoms with Crippen LogP contribution in [0.15, 0.2) is 60.7 Å². The lowest BCUT2D eigenvalue weighted by Crippen LogP contribution is -2.39. The zero-order chi connectivity index (χ0) is 21.3. The van der Waals surface area contributed by atoms with Crippen molar-refractivity contribution in [2.24, 2.45) is 0 Å². The zero-order valence-electron chi connectivity index (χ0n) is 18.3. The minimum atomic E-state index is -0.683. The summed E-state index contributed by atoms with van der Waals surface area (Å²) in [5, 5.41) is 10.2. The van der Waals surface area contributed by atoms with Gasteiger partial charge in [-0.3, -0.25) is 0 Å². The van der Waals surface area contributed by atoms with Gasteiger partial charge < -0.3 is 24.2 Å². The molecule has 0 aliphatic carbocycles. The minimum Gasteiger partial charge on any atom is -0.381 e. The molecule has 4 rings (SSSR count). The Kier molecular flexibility index (Phi) is 8.50. The highest BCUT2D eigenvalue weighted by molar-refractivity contribution is 5.30. The van der Waals surface area contributed by atoms with Crippen molar-refractivity contribution >= 4 is 0 Å². The third kappa shape index (κ3) is 6.86. The van der Waals surface area contributed by atoms with E-state index >= 15 is 0 Å². The SMILES string of the molecule is OC(CCN1CCC(OC(c2ccccc2)c2ccccc2)CC1)OC1CCOCC1. The summed E-state index contributed by atoms with van der Waals surface area (Å²) in [6.07, 6.45) is 4.08. The fourth-order valence-corrected chi connectivity index (χ4v) is 4.46. The van der Waals surface area contributed by atoms with Gasteiger partial charge in [-0.15, -0.1) is 0 Å². The van der Waals surface area contributed by atoms with Crippen molar-refractivity contribution < 1.29 is 19.3 Å². The molecule has 2 aromatic carbocycles. The maximum atomic E-state index is 10.2. The van der Waals surface area contributed by atoms with Gasteiger partial charge in [-0.2, -0.15) is 0 Å². The lowest BCUT2D eigenvalue weighted by molar-refractivity contribution is -0.161. The van der Waals surface area contributed by atoms with Crippen LogP contribution in [0.3, 0.4) is 0 Å². The molecular weight excluding hydrogens is 390 g/mol. The largest absolute Gasteiger partial charge is 0.381 e. The molecule has 2 heterocycles. The molecule has 2 aliphatic rings. The molecule has 2 aliphatic heterocycles. The predicted molar refractivity (Wildman–Crippen MR) is 121 cm³/mol. The summed E-state index contributed by atoms with van der Waals surface area (Å²) in [6.45, 7) is 4.31. The molecule has 0 bridgehead atoms. The lowest BCUT2D eigenvalue weighted by Gasteiger charge is -2.34. The molecule has 1 N–H and O–H groups in total. The molecule has 2 saturated heterocycles. The van der Waals surface area contributed by atoms with Crippen LogP contribution in [-0.4, -0.2) is 61.4 Å². The molecule has 5 nitrogen and oxygen atoms in total. The molecule has 168 valence electrons. The van der Waals surface area contributed by atoms with Crippen molar-refractivity contribution in [2.75, 3.05) is 32.8 Å². The standard InChI is InChI=1S/C26H35NO4/c28-25(30-24-14-19-29-20-15-24)13-18-27-16-11-23(12-17-27)31-26(21-7-3-1-4-8-21)22-9-5-2-6-10-22/h1-10,23-26,28H,11-20H2. The Labute approximate surface area is 185 Å². The molecule has 5 heteroatoms. The Balaban J connectivity index is 1.24. The number of ether oxygens (including phenoxy) is 3. The fraction of sp³-hybridized carbons (Fsp3) is 0.538. The minimum absolute atomic E-state index is 0.0337. The maximum Gasteiger partial charge on any atom is 0.156 e. The van der Waals surface area contributed by atoms with E-state index in [0.717, 1.165) is 58.5 Å². The molecule has 0 saturated carbocycles. The van der Waals surface area contributed by atoms with E-state index in [9.17, 15) is 5.11 Å². The normalized spacial score (nSPS) is 20.2. The quantitative estimate of drug-likeness (QED) is 0.612. The zero-order valence-corrected chi connectivity index (χ0v) is 18.3. The highest BCUT2D eigenvalue weighted by Gasteiger charge is 2.25.